The first-order chi connectivity index (χ1) is 13.5. The molecule has 0 heterocycles. The van der Waals surface area contributed by atoms with Gasteiger partial charge in [0.25, 0.3) is 0 Å². The molecule has 3 aromatic rings. The second kappa shape index (κ2) is 8.85. The van der Waals surface area contributed by atoms with E-state index in [9.17, 15) is 4.79 Å². The fraction of sp³-hybridized carbons (Fsp3) is 0.240. The summed E-state index contributed by atoms with van der Waals surface area (Å²) in [5.74, 6) is -0.0805. The average molecular weight is 373 g/mol. The van der Waals surface area contributed by atoms with Crippen molar-refractivity contribution in [1.82, 2.24) is 0 Å². The van der Waals surface area contributed by atoms with Gasteiger partial charge in [0, 0.05) is 12.2 Å². The molecule has 1 atom stereocenters. The lowest BCUT2D eigenvalue weighted by molar-refractivity contribution is -0.120. The van der Waals surface area contributed by atoms with Crippen LogP contribution in [0.5, 0.6) is 0 Å². The van der Waals surface area contributed by atoms with Gasteiger partial charge in [0.15, 0.2) is 0 Å². The molecule has 2 N–H and O–H groups in total. The van der Waals surface area contributed by atoms with Crippen molar-refractivity contribution in [3.63, 3.8) is 0 Å². The third-order valence-electron chi connectivity index (χ3n) is 5.36. The van der Waals surface area contributed by atoms with E-state index in [0.29, 0.717) is 6.54 Å². The molecule has 0 radical (unpaired) electrons. The number of carbonyl (C=O) groups is 1. The molecule has 3 rings (SSSR count). The first-order valence-corrected chi connectivity index (χ1v) is 9.71. The van der Waals surface area contributed by atoms with Crippen molar-refractivity contribution in [2.45, 2.75) is 33.2 Å². The molecule has 0 aliphatic rings. The number of carbonyl (C=O) groups excluding carboxylic acids is 1. The maximum Gasteiger partial charge on any atom is 0.248 e. The van der Waals surface area contributed by atoms with Crippen molar-refractivity contribution in [1.29, 1.82) is 0 Å². The SMILES string of the molecule is Cc1ccc(N(CCc2ccccc2C)C(=O)C(N)c2ccccc2)cc1C. The zero-order valence-corrected chi connectivity index (χ0v) is 16.9. The number of nitrogens with zero attached hydrogens (tertiary/aromatic N) is 1. The third kappa shape index (κ3) is 4.49. The third-order valence-corrected chi connectivity index (χ3v) is 5.36. The molecule has 28 heavy (non-hydrogen) atoms. The van der Waals surface area contributed by atoms with Crippen molar-refractivity contribution in [3.8, 4) is 0 Å². The van der Waals surface area contributed by atoms with Crippen LogP contribution in [-0.2, 0) is 11.2 Å². The Balaban J connectivity index is 1.90. The predicted molar refractivity (Wildman–Crippen MR) is 117 cm³/mol. The van der Waals surface area contributed by atoms with Gasteiger partial charge < -0.3 is 10.6 Å². The van der Waals surface area contributed by atoms with Crippen molar-refractivity contribution < 1.29 is 4.79 Å². The van der Waals surface area contributed by atoms with Crippen LogP contribution in [0.1, 0.15) is 33.9 Å². The summed E-state index contributed by atoms with van der Waals surface area (Å²) in [6.07, 6.45) is 0.785. The van der Waals surface area contributed by atoms with Crippen LogP contribution in [0.2, 0.25) is 0 Å². The Morgan fingerprint density at radius 2 is 1.54 bits per heavy atom. The fourth-order valence-electron chi connectivity index (χ4n) is 3.35. The highest BCUT2D eigenvalue weighted by Crippen LogP contribution is 2.23. The molecular formula is C25H28N2O. The molecule has 0 fully saturated rings. The molecular weight excluding hydrogens is 344 g/mol. The van der Waals surface area contributed by atoms with Gasteiger partial charge in [0.2, 0.25) is 5.91 Å². The van der Waals surface area contributed by atoms with Crippen LogP contribution in [0.3, 0.4) is 0 Å². The normalized spacial score (nSPS) is 11.9. The number of benzene rings is 3. The standard InChI is InChI=1S/C25H28N2O/c1-18-13-14-23(17-20(18)3)27(16-15-21-10-8-7-9-19(21)2)25(28)24(26)22-11-5-4-6-12-22/h4-14,17,24H,15-16,26H2,1-3H3. The van der Waals surface area contributed by atoms with Crippen molar-refractivity contribution in [3.05, 3.63) is 101 Å². The molecule has 0 aliphatic heterocycles. The van der Waals surface area contributed by atoms with E-state index in [0.717, 1.165) is 17.7 Å². The van der Waals surface area contributed by atoms with Crippen LogP contribution in [-0.4, -0.2) is 12.5 Å². The zero-order chi connectivity index (χ0) is 20.1. The van der Waals surface area contributed by atoms with E-state index in [1.54, 1.807) is 0 Å². The number of nitrogens with two attached hydrogens (primary N) is 1. The molecule has 0 bridgehead atoms. The Morgan fingerprint density at radius 3 is 2.21 bits per heavy atom. The lowest BCUT2D eigenvalue weighted by atomic mass is 10.0. The van der Waals surface area contributed by atoms with Crippen LogP contribution in [0, 0.1) is 20.8 Å². The van der Waals surface area contributed by atoms with Crippen LogP contribution in [0.25, 0.3) is 0 Å². The number of hydrogen-bond acceptors (Lipinski definition) is 2. The maximum absolute atomic E-state index is 13.3. The molecule has 3 aromatic carbocycles. The number of anilines is 1. The lowest BCUT2D eigenvalue weighted by Gasteiger charge is -2.27. The molecule has 144 valence electrons. The molecule has 3 nitrogen and oxygen atoms in total. The second-order valence-electron chi connectivity index (χ2n) is 7.32. The summed E-state index contributed by atoms with van der Waals surface area (Å²) >= 11 is 0. The first-order valence-electron chi connectivity index (χ1n) is 9.71. The van der Waals surface area contributed by atoms with Gasteiger partial charge in [0.05, 0.1) is 0 Å². The molecule has 0 aliphatic carbocycles. The van der Waals surface area contributed by atoms with Crippen LogP contribution >= 0.6 is 0 Å². The molecule has 0 saturated carbocycles. The van der Waals surface area contributed by atoms with E-state index in [4.69, 9.17) is 5.73 Å². The Labute approximate surface area is 167 Å². The summed E-state index contributed by atoms with van der Waals surface area (Å²) in [6, 6.07) is 23.3. The average Bonchev–Trinajstić information content (AvgIpc) is 2.72. The Morgan fingerprint density at radius 1 is 0.857 bits per heavy atom. The van der Waals surface area contributed by atoms with Crippen molar-refractivity contribution in [2.24, 2.45) is 5.73 Å². The van der Waals surface area contributed by atoms with Gasteiger partial charge in [-0.15, -0.1) is 0 Å². The van der Waals surface area contributed by atoms with E-state index in [1.165, 1.54) is 22.3 Å². The number of hydrogen-bond donors (Lipinski definition) is 1. The van der Waals surface area contributed by atoms with E-state index < -0.39 is 6.04 Å². The minimum atomic E-state index is -0.681. The quantitative estimate of drug-likeness (QED) is 0.670. The number of amides is 1. The van der Waals surface area contributed by atoms with Crippen molar-refractivity contribution in [2.75, 3.05) is 11.4 Å². The van der Waals surface area contributed by atoms with Crippen molar-refractivity contribution >= 4 is 11.6 Å². The predicted octanol–water partition coefficient (Wildman–Crippen LogP) is 4.89. The number of aryl methyl sites for hydroxylation is 3. The lowest BCUT2D eigenvalue weighted by Crippen LogP contribution is -2.40. The monoisotopic (exact) mass is 372 g/mol. The largest absolute Gasteiger partial charge is 0.316 e. The topological polar surface area (TPSA) is 46.3 Å². The van der Waals surface area contributed by atoms with Gasteiger partial charge in [-0.1, -0.05) is 60.7 Å². The highest BCUT2D eigenvalue weighted by molar-refractivity contribution is 5.97. The van der Waals surface area contributed by atoms with Crippen LogP contribution in [0.15, 0.2) is 72.8 Å². The molecule has 1 amide bonds. The Kier molecular flexibility index (Phi) is 6.27. The highest BCUT2D eigenvalue weighted by Gasteiger charge is 2.24. The minimum Gasteiger partial charge on any atom is -0.316 e. The molecule has 3 heteroatoms. The van der Waals surface area contributed by atoms with E-state index in [1.807, 2.05) is 53.4 Å². The molecule has 0 aromatic heterocycles. The summed E-state index contributed by atoms with van der Waals surface area (Å²) in [5.41, 5.74) is 12.9. The van der Waals surface area contributed by atoms with Crippen LogP contribution < -0.4 is 10.6 Å². The van der Waals surface area contributed by atoms with Gasteiger partial charge in [-0.25, -0.2) is 0 Å². The van der Waals surface area contributed by atoms with Crippen LogP contribution in [0.4, 0.5) is 5.69 Å². The summed E-state index contributed by atoms with van der Waals surface area (Å²) in [4.78, 5) is 15.2. The minimum absolute atomic E-state index is 0.0805. The van der Waals surface area contributed by atoms with Gasteiger partial charge in [-0.3, -0.25) is 4.79 Å². The zero-order valence-electron chi connectivity index (χ0n) is 16.9. The summed E-state index contributed by atoms with van der Waals surface area (Å²) in [5, 5.41) is 0. The van der Waals surface area contributed by atoms with Gasteiger partial charge in [0.1, 0.15) is 6.04 Å². The van der Waals surface area contributed by atoms with E-state index in [2.05, 4.69) is 45.0 Å². The second-order valence-corrected chi connectivity index (χ2v) is 7.32. The van der Waals surface area contributed by atoms with Gasteiger partial charge in [-0.05, 0) is 67.1 Å². The van der Waals surface area contributed by atoms with Gasteiger partial charge in [-0.2, -0.15) is 0 Å². The summed E-state index contributed by atoms with van der Waals surface area (Å²) in [6.45, 7) is 6.84. The molecule has 0 saturated heterocycles. The molecule has 1 unspecified atom stereocenters. The Bertz CT molecular complexity index is 950. The Hall–Kier alpha value is -2.91. The maximum atomic E-state index is 13.3. The fourth-order valence-corrected chi connectivity index (χ4v) is 3.35. The van der Waals surface area contributed by atoms with E-state index >= 15 is 0 Å². The summed E-state index contributed by atoms with van der Waals surface area (Å²) < 4.78 is 0. The smallest absolute Gasteiger partial charge is 0.248 e. The van der Waals surface area contributed by atoms with Gasteiger partial charge >= 0.3 is 0 Å². The first kappa shape index (κ1) is 19.8. The molecule has 0 spiro atoms. The number of rotatable bonds is 6. The summed E-state index contributed by atoms with van der Waals surface area (Å²) in [7, 11) is 0. The van der Waals surface area contributed by atoms with E-state index in [-0.39, 0.29) is 5.91 Å². The highest BCUT2D eigenvalue weighted by atomic mass is 16.2.